The summed E-state index contributed by atoms with van der Waals surface area (Å²) in [6.45, 7) is 5.61. The van der Waals surface area contributed by atoms with E-state index in [9.17, 15) is 4.79 Å². The SMILES string of the molecule is CC(C)(C)ONC(=O)c1cccc2cccnc12. The van der Waals surface area contributed by atoms with Crippen LogP contribution in [0.3, 0.4) is 0 Å². The number of nitrogens with zero attached hydrogens (tertiary/aromatic N) is 1. The van der Waals surface area contributed by atoms with E-state index in [1.54, 1.807) is 12.3 Å². The van der Waals surface area contributed by atoms with Crippen LogP contribution in [0, 0.1) is 0 Å². The lowest BCUT2D eigenvalue weighted by Crippen LogP contribution is -2.33. The van der Waals surface area contributed by atoms with Gasteiger partial charge in [0, 0.05) is 11.6 Å². The Labute approximate surface area is 106 Å². The van der Waals surface area contributed by atoms with Gasteiger partial charge in [-0.3, -0.25) is 14.6 Å². The number of benzene rings is 1. The van der Waals surface area contributed by atoms with Crippen molar-refractivity contribution in [1.82, 2.24) is 10.5 Å². The Morgan fingerprint density at radius 2 is 1.94 bits per heavy atom. The Morgan fingerprint density at radius 3 is 2.67 bits per heavy atom. The number of hydrogen-bond acceptors (Lipinski definition) is 3. The zero-order valence-electron chi connectivity index (χ0n) is 10.7. The molecule has 0 atom stereocenters. The van der Waals surface area contributed by atoms with Gasteiger partial charge in [0.05, 0.1) is 16.7 Å². The van der Waals surface area contributed by atoms with Gasteiger partial charge in [-0.15, -0.1) is 0 Å². The molecule has 0 radical (unpaired) electrons. The average molecular weight is 244 g/mol. The first-order valence-electron chi connectivity index (χ1n) is 5.79. The van der Waals surface area contributed by atoms with Crippen LogP contribution < -0.4 is 5.48 Å². The van der Waals surface area contributed by atoms with Crippen LogP contribution in [0.2, 0.25) is 0 Å². The molecule has 1 amide bonds. The lowest BCUT2D eigenvalue weighted by atomic mass is 10.1. The van der Waals surface area contributed by atoms with Crippen LogP contribution in [0.25, 0.3) is 10.9 Å². The first kappa shape index (κ1) is 12.5. The third-order valence-corrected chi connectivity index (χ3v) is 2.33. The maximum Gasteiger partial charge on any atom is 0.277 e. The molecular formula is C14H16N2O2. The molecule has 2 rings (SSSR count). The van der Waals surface area contributed by atoms with Crippen molar-refractivity contribution in [1.29, 1.82) is 0 Å². The van der Waals surface area contributed by atoms with Gasteiger partial charge in [-0.2, -0.15) is 0 Å². The van der Waals surface area contributed by atoms with Gasteiger partial charge in [0.25, 0.3) is 5.91 Å². The standard InChI is InChI=1S/C14H16N2O2/c1-14(2,3)18-16-13(17)11-8-4-6-10-7-5-9-15-12(10)11/h4-9H,1-3H3,(H,16,17). The summed E-state index contributed by atoms with van der Waals surface area (Å²) < 4.78 is 0. The lowest BCUT2D eigenvalue weighted by Gasteiger charge is -2.19. The van der Waals surface area contributed by atoms with Crippen LogP contribution in [-0.4, -0.2) is 16.5 Å². The summed E-state index contributed by atoms with van der Waals surface area (Å²) in [5, 5.41) is 0.931. The number of fused-ring (bicyclic) bond motifs is 1. The van der Waals surface area contributed by atoms with E-state index in [4.69, 9.17) is 4.84 Å². The molecule has 4 heteroatoms. The number of carbonyl (C=O) groups is 1. The minimum Gasteiger partial charge on any atom is -0.268 e. The lowest BCUT2D eigenvalue weighted by molar-refractivity contribution is -0.0589. The molecule has 0 aliphatic rings. The fourth-order valence-electron chi connectivity index (χ4n) is 1.54. The molecule has 1 aromatic heterocycles. The Morgan fingerprint density at radius 1 is 1.22 bits per heavy atom. The Balaban J connectivity index is 2.28. The van der Waals surface area contributed by atoms with E-state index in [-0.39, 0.29) is 5.91 Å². The highest BCUT2D eigenvalue weighted by Crippen LogP contribution is 2.16. The number of hydroxylamine groups is 1. The predicted octanol–water partition coefficient (Wildman–Crippen LogP) is 2.69. The topological polar surface area (TPSA) is 51.2 Å². The number of pyridine rings is 1. The number of carbonyl (C=O) groups excluding carboxylic acids is 1. The van der Waals surface area contributed by atoms with Crippen molar-refractivity contribution in [2.24, 2.45) is 0 Å². The second-order valence-electron chi connectivity index (χ2n) is 5.03. The number of para-hydroxylation sites is 1. The van der Waals surface area contributed by atoms with Crippen molar-refractivity contribution in [3.05, 3.63) is 42.1 Å². The fourth-order valence-corrected chi connectivity index (χ4v) is 1.54. The van der Waals surface area contributed by atoms with Gasteiger partial charge in [-0.05, 0) is 32.9 Å². The van der Waals surface area contributed by atoms with Crippen LogP contribution in [0.5, 0.6) is 0 Å². The van der Waals surface area contributed by atoms with Gasteiger partial charge in [-0.1, -0.05) is 18.2 Å². The molecule has 18 heavy (non-hydrogen) atoms. The van der Waals surface area contributed by atoms with Gasteiger partial charge >= 0.3 is 0 Å². The molecule has 0 saturated carbocycles. The van der Waals surface area contributed by atoms with E-state index in [1.807, 2.05) is 45.0 Å². The molecule has 0 aliphatic carbocycles. The van der Waals surface area contributed by atoms with Crippen LogP contribution in [-0.2, 0) is 4.84 Å². The molecule has 0 aliphatic heterocycles. The molecule has 0 fully saturated rings. The van der Waals surface area contributed by atoms with Crippen molar-refractivity contribution in [2.45, 2.75) is 26.4 Å². The summed E-state index contributed by atoms with van der Waals surface area (Å²) in [5.41, 5.74) is 3.22. The molecule has 0 bridgehead atoms. The minimum atomic E-state index is -0.423. The number of hydrogen-bond donors (Lipinski definition) is 1. The monoisotopic (exact) mass is 244 g/mol. The second-order valence-corrected chi connectivity index (χ2v) is 5.03. The van der Waals surface area contributed by atoms with Crippen molar-refractivity contribution < 1.29 is 9.63 Å². The van der Waals surface area contributed by atoms with Crippen LogP contribution in [0.15, 0.2) is 36.5 Å². The summed E-state index contributed by atoms with van der Waals surface area (Å²) >= 11 is 0. The summed E-state index contributed by atoms with van der Waals surface area (Å²) in [4.78, 5) is 21.5. The highest BCUT2D eigenvalue weighted by atomic mass is 16.7. The first-order chi connectivity index (χ1) is 8.47. The van der Waals surface area contributed by atoms with Gasteiger partial charge in [0.1, 0.15) is 0 Å². The number of amides is 1. The van der Waals surface area contributed by atoms with Gasteiger partial charge in [-0.25, -0.2) is 5.48 Å². The van der Waals surface area contributed by atoms with Crippen molar-refractivity contribution >= 4 is 16.8 Å². The quantitative estimate of drug-likeness (QED) is 0.826. The van der Waals surface area contributed by atoms with Crippen molar-refractivity contribution in [3.63, 3.8) is 0 Å². The Kier molecular flexibility index (Phi) is 3.30. The maximum atomic E-state index is 12.0. The van der Waals surface area contributed by atoms with Crippen molar-refractivity contribution in [3.8, 4) is 0 Å². The number of aromatic nitrogens is 1. The molecule has 1 aromatic carbocycles. The fraction of sp³-hybridized carbons (Fsp3) is 0.286. The maximum absolute atomic E-state index is 12.0. The van der Waals surface area contributed by atoms with Crippen LogP contribution in [0.1, 0.15) is 31.1 Å². The molecular weight excluding hydrogens is 228 g/mol. The largest absolute Gasteiger partial charge is 0.277 e. The Bertz CT molecular complexity index is 568. The summed E-state index contributed by atoms with van der Waals surface area (Å²) in [7, 11) is 0. The minimum absolute atomic E-state index is 0.283. The van der Waals surface area contributed by atoms with Gasteiger partial charge in [0.2, 0.25) is 0 Å². The van der Waals surface area contributed by atoms with E-state index < -0.39 is 5.60 Å². The Hall–Kier alpha value is -1.94. The molecule has 0 spiro atoms. The van der Waals surface area contributed by atoms with Gasteiger partial charge < -0.3 is 0 Å². The average Bonchev–Trinajstić information content (AvgIpc) is 2.34. The number of nitrogens with one attached hydrogen (secondary N) is 1. The van der Waals surface area contributed by atoms with Crippen molar-refractivity contribution in [2.75, 3.05) is 0 Å². The second kappa shape index (κ2) is 4.74. The highest BCUT2D eigenvalue weighted by molar-refractivity contribution is 6.04. The van der Waals surface area contributed by atoms with E-state index in [2.05, 4.69) is 10.5 Å². The first-order valence-corrected chi connectivity index (χ1v) is 5.79. The zero-order valence-corrected chi connectivity index (χ0v) is 10.7. The molecule has 0 saturated heterocycles. The van der Waals surface area contributed by atoms with E-state index >= 15 is 0 Å². The van der Waals surface area contributed by atoms with E-state index in [0.29, 0.717) is 11.1 Å². The molecule has 94 valence electrons. The number of rotatable bonds is 2. The van der Waals surface area contributed by atoms with Gasteiger partial charge in [0.15, 0.2) is 0 Å². The summed E-state index contributed by atoms with van der Waals surface area (Å²) in [5.74, 6) is -0.283. The van der Waals surface area contributed by atoms with E-state index in [0.717, 1.165) is 5.39 Å². The van der Waals surface area contributed by atoms with Crippen LogP contribution >= 0.6 is 0 Å². The molecule has 4 nitrogen and oxygen atoms in total. The highest BCUT2D eigenvalue weighted by Gasteiger charge is 2.15. The molecule has 2 aromatic rings. The third-order valence-electron chi connectivity index (χ3n) is 2.33. The smallest absolute Gasteiger partial charge is 0.268 e. The predicted molar refractivity (Wildman–Crippen MR) is 70.0 cm³/mol. The summed E-state index contributed by atoms with van der Waals surface area (Å²) in [6, 6.07) is 9.25. The molecule has 0 unspecified atom stereocenters. The zero-order chi connectivity index (χ0) is 13.2. The molecule has 1 N–H and O–H groups in total. The van der Waals surface area contributed by atoms with Crippen LogP contribution in [0.4, 0.5) is 0 Å². The van der Waals surface area contributed by atoms with E-state index in [1.165, 1.54) is 0 Å². The summed E-state index contributed by atoms with van der Waals surface area (Å²) in [6.07, 6.45) is 1.67. The molecule has 1 heterocycles. The third kappa shape index (κ3) is 2.84. The normalized spacial score (nSPS) is 11.5.